The molecule has 0 saturated heterocycles. The molecule has 1 radical (unpaired) electrons. The predicted molar refractivity (Wildman–Crippen MR) is 58.0 cm³/mol. The summed E-state index contributed by atoms with van der Waals surface area (Å²) in [6.45, 7) is 4.26. The Morgan fingerprint density at radius 3 is 2.60 bits per heavy atom. The molecule has 2 amide bonds. The number of anilines is 1. The molecular weight excluding hydrogens is 195 g/mol. The third-order valence-electron chi connectivity index (χ3n) is 1.81. The van der Waals surface area contributed by atoms with Gasteiger partial charge in [0.2, 0.25) is 0 Å². The number of hydrogen-bond donors (Lipinski definition) is 2. The van der Waals surface area contributed by atoms with Crippen molar-refractivity contribution in [3.63, 3.8) is 0 Å². The Morgan fingerprint density at radius 2 is 2.00 bits per heavy atom. The molecule has 15 heavy (non-hydrogen) atoms. The molecule has 3 nitrogen and oxygen atoms in total. The number of amides is 2. The number of carbonyl (C=O) groups excluding carboxylic acids is 1. The van der Waals surface area contributed by atoms with E-state index >= 15 is 0 Å². The predicted octanol–water partition coefficient (Wildman–Crippen LogP) is 2.56. The monoisotopic (exact) mass is 209 g/mol. The van der Waals surface area contributed by atoms with Gasteiger partial charge < -0.3 is 10.6 Å². The van der Waals surface area contributed by atoms with Gasteiger partial charge in [0.25, 0.3) is 0 Å². The summed E-state index contributed by atoms with van der Waals surface area (Å²) in [4.78, 5) is 11.2. The molecule has 0 aliphatic carbocycles. The first-order valence-electron chi connectivity index (χ1n) is 4.82. The number of unbranched alkanes of at least 4 members (excludes halogenated alkanes) is 1. The van der Waals surface area contributed by atoms with Crippen LogP contribution in [0.2, 0.25) is 0 Å². The Bertz CT molecular complexity index is 311. The first kappa shape index (κ1) is 11.5. The lowest BCUT2D eigenvalue weighted by atomic mass is 10.3. The normalized spacial score (nSPS) is 9.73. The Balaban J connectivity index is 2.34. The highest BCUT2D eigenvalue weighted by atomic mass is 19.1. The van der Waals surface area contributed by atoms with Crippen molar-refractivity contribution in [3.8, 4) is 0 Å². The van der Waals surface area contributed by atoms with E-state index in [1.54, 1.807) is 0 Å². The number of hydrogen-bond acceptors (Lipinski definition) is 1. The Morgan fingerprint density at radius 1 is 1.33 bits per heavy atom. The van der Waals surface area contributed by atoms with E-state index in [1.807, 2.05) is 0 Å². The minimum atomic E-state index is -0.321. The van der Waals surface area contributed by atoms with E-state index in [9.17, 15) is 9.18 Å². The van der Waals surface area contributed by atoms with E-state index in [-0.39, 0.29) is 11.8 Å². The van der Waals surface area contributed by atoms with Crippen LogP contribution in [0.3, 0.4) is 0 Å². The van der Waals surface area contributed by atoms with Crippen LogP contribution in [0.15, 0.2) is 24.3 Å². The van der Waals surface area contributed by atoms with Gasteiger partial charge in [0.1, 0.15) is 5.82 Å². The van der Waals surface area contributed by atoms with Crippen LogP contribution in [0.1, 0.15) is 12.8 Å². The molecule has 0 spiro atoms. The largest absolute Gasteiger partial charge is 0.338 e. The van der Waals surface area contributed by atoms with Crippen molar-refractivity contribution in [2.24, 2.45) is 0 Å². The molecule has 1 aromatic carbocycles. The molecule has 0 heterocycles. The van der Waals surface area contributed by atoms with Crippen molar-refractivity contribution >= 4 is 11.7 Å². The molecule has 0 saturated carbocycles. The molecule has 2 N–H and O–H groups in total. The fourth-order valence-corrected chi connectivity index (χ4v) is 1.04. The second kappa shape index (κ2) is 6.01. The summed E-state index contributed by atoms with van der Waals surface area (Å²) in [5.74, 6) is -0.321. The van der Waals surface area contributed by atoms with Gasteiger partial charge in [-0.15, -0.1) is 0 Å². The Hall–Kier alpha value is -1.58. The van der Waals surface area contributed by atoms with E-state index in [2.05, 4.69) is 17.6 Å². The minimum Gasteiger partial charge on any atom is -0.338 e. The van der Waals surface area contributed by atoms with Gasteiger partial charge >= 0.3 is 6.03 Å². The van der Waals surface area contributed by atoms with Crippen LogP contribution in [-0.4, -0.2) is 12.6 Å². The van der Waals surface area contributed by atoms with E-state index in [0.29, 0.717) is 12.2 Å². The molecule has 0 aliphatic heterocycles. The molecule has 0 aromatic heterocycles. The van der Waals surface area contributed by atoms with Crippen molar-refractivity contribution in [2.75, 3.05) is 11.9 Å². The average molecular weight is 209 g/mol. The third kappa shape index (κ3) is 4.44. The summed E-state index contributed by atoms with van der Waals surface area (Å²) in [5, 5.41) is 5.25. The zero-order valence-corrected chi connectivity index (χ0v) is 8.42. The summed E-state index contributed by atoms with van der Waals surface area (Å²) in [5.41, 5.74) is 0.573. The topological polar surface area (TPSA) is 41.1 Å². The van der Waals surface area contributed by atoms with Crippen molar-refractivity contribution in [2.45, 2.75) is 12.8 Å². The highest BCUT2D eigenvalue weighted by Crippen LogP contribution is 2.07. The second-order valence-corrected chi connectivity index (χ2v) is 3.09. The van der Waals surface area contributed by atoms with E-state index in [0.717, 1.165) is 12.8 Å². The summed E-state index contributed by atoms with van der Waals surface area (Å²) < 4.78 is 12.5. The number of urea groups is 1. The van der Waals surface area contributed by atoms with Gasteiger partial charge in [-0.05, 0) is 30.7 Å². The van der Waals surface area contributed by atoms with E-state index in [1.165, 1.54) is 24.3 Å². The van der Waals surface area contributed by atoms with Crippen molar-refractivity contribution in [1.29, 1.82) is 0 Å². The molecule has 0 bridgehead atoms. The van der Waals surface area contributed by atoms with Gasteiger partial charge in [0.05, 0.1) is 0 Å². The summed E-state index contributed by atoms with van der Waals surface area (Å²) in [6, 6.07) is 5.33. The molecule has 0 atom stereocenters. The minimum absolute atomic E-state index is 0.282. The second-order valence-electron chi connectivity index (χ2n) is 3.09. The van der Waals surface area contributed by atoms with Gasteiger partial charge in [0, 0.05) is 12.2 Å². The van der Waals surface area contributed by atoms with Crippen molar-refractivity contribution in [3.05, 3.63) is 37.0 Å². The molecule has 1 rings (SSSR count). The van der Waals surface area contributed by atoms with Crippen LogP contribution >= 0.6 is 0 Å². The molecule has 81 valence electrons. The highest BCUT2D eigenvalue weighted by molar-refractivity contribution is 5.89. The van der Waals surface area contributed by atoms with Crippen LogP contribution in [0, 0.1) is 12.7 Å². The Labute approximate surface area is 88.7 Å². The molecule has 1 aromatic rings. The van der Waals surface area contributed by atoms with Crippen LogP contribution in [-0.2, 0) is 0 Å². The van der Waals surface area contributed by atoms with Crippen LogP contribution < -0.4 is 10.6 Å². The third-order valence-corrected chi connectivity index (χ3v) is 1.81. The van der Waals surface area contributed by atoms with Crippen LogP contribution in [0.4, 0.5) is 14.9 Å². The lowest BCUT2D eigenvalue weighted by molar-refractivity contribution is 0.252. The molecule has 0 fully saturated rings. The van der Waals surface area contributed by atoms with E-state index in [4.69, 9.17) is 0 Å². The molecule has 0 aliphatic rings. The fourth-order valence-electron chi connectivity index (χ4n) is 1.04. The standard InChI is InChI=1S/C11H14FN2O/c1-2-3-8-13-11(15)14-10-6-4-9(12)5-7-10/h4-7H,1-3,8H2,(H2,13,14,15). The van der Waals surface area contributed by atoms with Gasteiger partial charge in [-0.2, -0.15) is 0 Å². The number of nitrogens with one attached hydrogen (secondary N) is 2. The zero-order chi connectivity index (χ0) is 11.1. The average Bonchev–Trinajstić information content (AvgIpc) is 2.22. The van der Waals surface area contributed by atoms with Crippen molar-refractivity contribution in [1.82, 2.24) is 5.32 Å². The maximum Gasteiger partial charge on any atom is 0.319 e. The molecule has 0 unspecified atom stereocenters. The quantitative estimate of drug-likeness (QED) is 0.735. The van der Waals surface area contributed by atoms with Crippen LogP contribution in [0.5, 0.6) is 0 Å². The van der Waals surface area contributed by atoms with Gasteiger partial charge in [-0.1, -0.05) is 13.3 Å². The summed E-state index contributed by atoms with van der Waals surface area (Å²) >= 11 is 0. The zero-order valence-electron chi connectivity index (χ0n) is 8.42. The smallest absolute Gasteiger partial charge is 0.319 e. The van der Waals surface area contributed by atoms with E-state index < -0.39 is 0 Å². The fraction of sp³-hybridized carbons (Fsp3) is 0.273. The summed E-state index contributed by atoms with van der Waals surface area (Å²) in [6.07, 6.45) is 1.63. The van der Waals surface area contributed by atoms with Crippen LogP contribution in [0.25, 0.3) is 0 Å². The lowest BCUT2D eigenvalue weighted by Crippen LogP contribution is -2.29. The number of carbonyl (C=O) groups is 1. The Kier molecular flexibility index (Phi) is 4.60. The first-order chi connectivity index (χ1) is 7.22. The highest BCUT2D eigenvalue weighted by Gasteiger charge is 1.99. The number of rotatable bonds is 4. The number of benzene rings is 1. The first-order valence-corrected chi connectivity index (χ1v) is 4.82. The van der Waals surface area contributed by atoms with Crippen molar-refractivity contribution < 1.29 is 9.18 Å². The maximum absolute atomic E-state index is 12.5. The van der Waals surface area contributed by atoms with Gasteiger partial charge in [0.15, 0.2) is 0 Å². The molecular formula is C11H14FN2O. The van der Waals surface area contributed by atoms with Gasteiger partial charge in [-0.3, -0.25) is 0 Å². The summed E-state index contributed by atoms with van der Waals surface area (Å²) in [7, 11) is 0. The maximum atomic E-state index is 12.5. The number of halogens is 1. The SMILES string of the molecule is [CH2]CCCNC(=O)Nc1ccc(F)cc1. The molecule has 4 heteroatoms. The van der Waals surface area contributed by atoms with Gasteiger partial charge in [-0.25, -0.2) is 9.18 Å². The lowest BCUT2D eigenvalue weighted by Gasteiger charge is -2.06.